The Morgan fingerprint density at radius 3 is 2.84 bits per heavy atom. The van der Waals surface area contributed by atoms with Crippen LogP contribution in [0.15, 0.2) is 36.8 Å². The molecule has 1 amide bonds. The van der Waals surface area contributed by atoms with Crippen LogP contribution in [0.2, 0.25) is 0 Å². The van der Waals surface area contributed by atoms with E-state index in [-0.39, 0.29) is 11.8 Å². The molecule has 25 heavy (non-hydrogen) atoms. The fourth-order valence-corrected chi connectivity index (χ4v) is 3.78. The zero-order valence-corrected chi connectivity index (χ0v) is 14.7. The van der Waals surface area contributed by atoms with Crippen molar-refractivity contribution in [3.8, 4) is 5.69 Å². The summed E-state index contributed by atoms with van der Waals surface area (Å²) < 4.78 is 3.72. The molecular formula is C19H21N5O. The number of carbonyl (C=O) groups is 1. The molecule has 1 aliphatic heterocycles. The number of nitrogens with zero attached hydrogens (tertiary/aromatic N) is 4. The van der Waals surface area contributed by atoms with Gasteiger partial charge in [0.2, 0.25) is 5.91 Å². The van der Waals surface area contributed by atoms with Crippen LogP contribution >= 0.6 is 0 Å². The molecule has 6 heteroatoms. The quantitative estimate of drug-likeness (QED) is 0.799. The van der Waals surface area contributed by atoms with Gasteiger partial charge in [0.25, 0.3) is 0 Å². The summed E-state index contributed by atoms with van der Waals surface area (Å²) >= 11 is 0. The van der Waals surface area contributed by atoms with E-state index in [1.165, 1.54) is 11.1 Å². The topological polar surface area (TPSA) is 64.7 Å². The Bertz CT molecular complexity index is 939. The first-order valence-electron chi connectivity index (χ1n) is 8.55. The number of fused-ring (bicyclic) bond motifs is 1. The monoisotopic (exact) mass is 335 g/mol. The summed E-state index contributed by atoms with van der Waals surface area (Å²) in [5, 5.41) is 11.8. The number of rotatable bonds is 3. The first-order chi connectivity index (χ1) is 12.1. The Hall–Kier alpha value is -2.89. The van der Waals surface area contributed by atoms with E-state index < -0.39 is 0 Å². The molecule has 1 N–H and O–H groups in total. The zero-order chi connectivity index (χ0) is 17.6. The molecule has 0 radical (unpaired) electrons. The smallest absolute Gasteiger partial charge is 0.226 e. The molecule has 1 atom stereocenters. The minimum Gasteiger partial charge on any atom is -0.311 e. The molecule has 3 aromatic rings. The Morgan fingerprint density at radius 1 is 1.28 bits per heavy atom. The first kappa shape index (κ1) is 15.6. The van der Waals surface area contributed by atoms with Gasteiger partial charge >= 0.3 is 0 Å². The number of benzene rings is 1. The SMILES string of the molecule is CCn1ncc2c1NC(=O)CC2c1c(C)cc(C)cc1-n1cccn1. The summed E-state index contributed by atoms with van der Waals surface area (Å²) in [6, 6.07) is 6.21. The minimum absolute atomic E-state index is 0.0242. The highest BCUT2D eigenvalue weighted by Crippen LogP contribution is 2.41. The van der Waals surface area contributed by atoms with Gasteiger partial charge in [0, 0.05) is 36.8 Å². The molecule has 0 saturated carbocycles. The fraction of sp³-hybridized carbons (Fsp3) is 0.316. The van der Waals surface area contributed by atoms with E-state index in [1.807, 2.05) is 34.7 Å². The minimum atomic E-state index is -0.0242. The van der Waals surface area contributed by atoms with Crippen molar-refractivity contribution >= 4 is 11.7 Å². The van der Waals surface area contributed by atoms with Crippen LogP contribution in [0, 0.1) is 13.8 Å². The van der Waals surface area contributed by atoms with Gasteiger partial charge in [-0.3, -0.25) is 4.79 Å². The highest BCUT2D eigenvalue weighted by molar-refractivity contribution is 5.94. The van der Waals surface area contributed by atoms with Crippen LogP contribution < -0.4 is 5.32 Å². The molecular weight excluding hydrogens is 314 g/mol. The molecule has 1 unspecified atom stereocenters. The summed E-state index contributed by atoms with van der Waals surface area (Å²) in [5.41, 5.74) is 5.58. The molecule has 1 aromatic carbocycles. The van der Waals surface area contributed by atoms with Gasteiger partial charge in [-0.1, -0.05) is 6.07 Å². The zero-order valence-electron chi connectivity index (χ0n) is 14.7. The van der Waals surface area contributed by atoms with Crippen molar-refractivity contribution in [1.82, 2.24) is 19.6 Å². The Labute approximate surface area is 146 Å². The van der Waals surface area contributed by atoms with Gasteiger partial charge in [-0.2, -0.15) is 10.2 Å². The van der Waals surface area contributed by atoms with Crippen LogP contribution in [0.4, 0.5) is 5.82 Å². The average molecular weight is 335 g/mol. The normalized spacial score (nSPS) is 16.6. The largest absolute Gasteiger partial charge is 0.311 e. The third-order valence-corrected chi connectivity index (χ3v) is 4.80. The summed E-state index contributed by atoms with van der Waals surface area (Å²) in [5.74, 6) is 0.818. The maximum absolute atomic E-state index is 12.4. The van der Waals surface area contributed by atoms with Crippen molar-refractivity contribution in [3.05, 3.63) is 59.0 Å². The molecule has 1 aliphatic rings. The molecule has 0 bridgehead atoms. The maximum atomic E-state index is 12.4. The van der Waals surface area contributed by atoms with Crippen molar-refractivity contribution < 1.29 is 4.79 Å². The number of aryl methyl sites for hydroxylation is 3. The number of carbonyl (C=O) groups excluding carboxylic acids is 1. The predicted octanol–water partition coefficient (Wildman–Crippen LogP) is 3.18. The number of nitrogens with one attached hydrogen (secondary N) is 1. The van der Waals surface area contributed by atoms with Crippen molar-refractivity contribution in [2.45, 2.75) is 39.7 Å². The van der Waals surface area contributed by atoms with Crippen LogP contribution in [0.5, 0.6) is 0 Å². The Balaban J connectivity index is 1.94. The lowest BCUT2D eigenvalue weighted by Gasteiger charge is -2.27. The second-order valence-electron chi connectivity index (χ2n) is 6.53. The number of aromatic nitrogens is 4. The Morgan fingerprint density at radius 2 is 2.12 bits per heavy atom. The number of hydrogen-bond acceptors (Lipinski definition) is 3. The second kappa shape index (κ2) is 5.88. The van der Waals surface area contributed by atoms with Gasteiger partial charge in [0.05, 0.1) is 11.9 Å². The second-order valence-corrected chi connectivity index (χ2v) is 6.53. The van der Waals surface area contributed by atoms with Crippen LogP contribution in [0.1, 0.15) is 41.5 Å². The Kier molecular flexibility index (Phi) is 3.67. The summed E-state index contributed by atoms with van der Waals surface area (Å²) in [6.45, 7) is 6.93. The molecule has 0 saturated heterocycles. The standard InChI is InChI=1S/C19H21N5O/c1-4-23-19-15(11-21-23)14(10-17(25)22-19)18-13(3)8-12(2)9-16(18)24-7-5-6-20-24/h5-9,11,14H,4,10H2,1-3H3,(H,22,25). The summed E-state index contributed by atoms with van der Waals surface area (Å²) in [6.07, 6.45) is 6.02. The van der Waals surface area contributed by atoms with Crippen molar-refractivity contribution in [2.75, 3.05) is 5.32 Å². The van der Waals surface area contributed by atoms with E-state index in [0.29, 0.717) is 6.42 Å². The third-order valence-electron chi connectivity index (χ3n) is 4.80. The highest BCUT2D eigenvalue weighted by atomic mass is 16.1. The first-order valence-corrected chi connectivity index (χ1v) is 8.55. The van der Waals surface area contributed by atoms with Gasteiger partial charge in [-0.05, 0) is 49.6 Å². The van der Waals surface area contributed by atoms with E-state index in [1.54, 1.807) is 6.20 Å². The lowest BCUT2D eigenvalue weighted by Crippen LogP contribution is -2.26. The van der Waals surface area contributed by atoms with Crippen molar-refractivity contribution in [1.29, 1.82) is 0 Å². The maximum Gasteiger partial charge on any atom is 0.226 e. The van der Waals surface area contributed by atoms with Crippen LogP contribution in [0.3, 0.4) is 0 Å². The third kappa shape index (κ3) is 2.54. The van der Waals surface area contributed by atoms with Gasteiger partial charge < -0.3 is 5.32 Å². The van der Waals surface area contributed by atoms with Crippen LogP contribution in [-0.2, 0) is 11.3 Å². The molecule has 0 fully saturated rings. The van der Waals surface area contributed by atoms with E-state index >= 15 is 0 Å². The highest BCUT2D eigenvalue weighted by Gasteiger charge is 2.32. The molecule has 6 nitrogen and oxygen atoms in total. The van der Waals surface area contributed by atoms with Crippen molar-refractivity contribution in [2.24, 2.45) is 0 Å². The lowest BCUT2D eigenvalue weighted by atomic mass is 9.83. The predicted molar refractivity (Wildman–Crippen MR) is 96.0 cm³/mol. The fourth-order valence-electron chi connectivity index (χ4n) is 3.78. The molecule has 128 valence electrons. The van der Waals surface area contributed by atoms with Gasteiger partial charge in [-0.15, -0.1) is 0 Å². The summed E-state index contributed by atoms with van der Waals surface area (Å²) in [4.78, 5) is 12.4. The van der Waals surface area contributed by atoms with Gasteiger partial charge in [-0.25, -0.2) is 9.36 Å². The molecule has 0 spiro atoms. The summed E-state index contributed by atoms with van der Waals surface area (Å²) in [7, 11) is 0. The van der Waals surface area contributed by atoms with E-state index in [2.05, 4.69) is 41.5 Å². The van der Waals surface area contributed by atoms with Gasteiger partial charge in [0.1, 0.15) is 5.82 Å². The van der Waals surface area contributed by atoms with Crippen LogP contribution in [0.25, 0.3) is 5.69 Å². The number of hydrogen-bond donors (Lipinski definition) is 1. The molecule has 0 aliphatic carbocycles. The average Bonchev–Trinajstić information content (AvgIpc) is 3.23. The molecule has 4 rings (SSSR count). The van der Waals surface area contributed by atoms with E-state index in [4.69, 9.17) is 0 Å². The number of anilines is 1. The van der Waals surface area contributed by atoms with E-state index in [0.717, 1.165) is 29.2 Å². The van der Waals surface area contributed by atoms with E-state index in [9.17, 15) is 4.79 Å². The lowest BCUT2D eigenvalue weighted by molar-refractivity contribution is -0.116. The molecule has 3 heterocycles. The van der Waals surface area contributed by atoms with Gasteiger partial charge in [0.15, 0.2) is 0 Å². The van der Waals surface area contributed by atoms with Crippen molar-refractivity contribution in [3.63, 3.8) is 0 Å². The molecule has 2 aromatic heterocycles. The van der Waals surface area contributed by atoms with Crippen LogP contribution in [-0.4, -0.2) is 25.5 Å². The number of amides is 1.